The number of anilines is 1. The van der Waals surface area contributed by atoms with Crippen LogP contribution >= 0.6 is 12.2 Å². The van der Waals surface area contributed by atoms with Crippen LogP contribution in [-0.2, 0) is 13.0 Å². The first-order chi connectivity index (χ1) is 12.6. The molecule has 0 saturated heterocycles. The molecule has 0 atom stereocenters. The number of rotatable bonds is 5. The van der Waals surface area contributed by atoms with Crippen LogP contribution in [0.5, 0.6) is 5.88 Å². The van der Waals surface area contributed by atoms with Crippen molar-refractivity contribution < 1.29 is 5.11 Å². The predicted octanol–water partition coefficient (Wildman–Crippen LogP) is 5.80. The number of benzene rings is 2. The highest BCUT2D eigenvalue weighted by Gasteiger charge is 2.15. The smallest absolute Gasteiger partial charge is 0.220 e. The average molecular weight is 366 g/mol. The molecule has 5 nitrogen and oxygen atoms in total. The lowest BCUT2D eigenvalue weighted by Crippen LogP contribution is -2.05. The van der Waals surface area contributed by atoms with Crippen LogP contribution in [-0.4, -0.2) is 14.8 Å². The van der Waals surface area contributed by atoms with Gasteiger partial charge < -0.3 is 15.0 Å². The molecule has 0 aliphatic heterocycles. The molecule has 0 radical (unpaired) electrons. The van der Waals surface area contributed by atoms with Gasteiger partial charge in [0.2, 0.25) is 11.0 Å². The molecule has 3 rings (SSSR count). The van der Waals surface area contributed by atoms with E-state index in [1.807, 2.05) is 47.0 Å². The SMILES string of the molecule is CCCn1c(O)c(N=NC(=S)Nc2cccc(CC)c2)c2ccccc21. The quantitative estimate of drug-likeness (QED) is 0.443. The molecule has 0 aliphatic carbocycles. The number of aromatic hydroxyl groups is 1. The van der Waals surface area contributed by atoms with Gasteiger partial charge >= 0.3 is 0 Å². The van der Waals surface area contributed by atoms with Gasteiger partial charge in [0.25, 0.3) is 0 Å². The highest BCUT2D eigenvalue weighted by molar-refractivity contribution is 7.80. The Labute approximate surface area is 158 Å². The molecule has 3 aromatic rings. The van der Waals surface area contributed by atoms with E-state index in [9.17, 15) is 5.11 Å². The summed E-state index contributed by atoms with van der Waals surface area (Å²) < 4.78 is 1.85. The number of aryl methyl sites for hydroxylation is 2. The van der Waals surface area contributed by atoms with Crippen LogP contribution in [0.4, 0.5) is 11.4 Å². The lowest BCUT2D eigenvalue weighted by atomic mass is 10.1. The van der Waals surface area contributed by atoms with Gasteiger partial charge in [-0.15, -0.1) is 10.2 Å². The van der Waals surface area contributed by atoms with Gasteiger partial charge in [0.15, 0.2) is 5.69 Å². The minimum absolute atomic E-state index is 0.118. The third-order valence-electron chi connectivity index (χ3n) is 4.19. The van der Waals surface area contributed by atoms with Crippen molar-refractivity contribution in [2.75, 3.05) is 5.32 Å². The van der Waals surface area contributed by atoms with Crippen LogP contribution < -0.4 is 5.32 Å². The Morgan fingerprint density at radius 2 is 1.96 bits per heavy atom. The van der Waals surface area contributed by atoms with Crippen LogP contribution in [0.1, 0.15) is 25.8 Å². The van der Waals surface area contributed by atoms with E-state index in [-0.39, 0.29) is 11.0 Å². The minimum atomic E-state index is 0.118. The molecule has 6 heteroatoms. The van der Waals surface area contributed by atoms with E-state index in [2.05, 4.69) is 35.5 Å². The highest BCUT2D eigenvalue weighted by Crippen LogP contribution is 2.38. The van der Waals surface area contributed by atoms with Gasteiger partial charge in [-0.2, -0.15) is 0 Å². The van der Waals surface area contributed by atoms with Crippen molar-refractivity contribution in [3.05, 3.63) is 54.1 Å². The second-order valence-corrected chi connectivity index (χ2v) is 6.41. The van der Waals surface area contributed by atoms with Crippen LogP contribution in [0, 0.1) is 0 Å². The lowest BCUT2D eigenvalue weighted by Gasteiger charge is -2.05. The first-order valence-electron chi connectivity index (χ1n) is 8.75. The third kappa shape index (κ3) is 3.75. The Kier molecular flexibility index (Phi) is 5.63. The van der Waals surface area contributed by atoms with Gasteiger partial charge in [0.05, 0.1) is 5.52 Å². The molecule has 134 valence electrons. The van der Waals surface area contributed by atoms with Gasteiger partial charge in [0, 0.05) is 17.6 Å². The number of hydrogen-bond donors (Lipinski definition) is 2. The van der Waals surface area contributed by atoms with E-state index in [1.54, 1.807) is 0 Å². The maximum Gasteiger partial charge on any atom is 0.220 e. The van der Waals surface area contributed by atoms with Crippen molar-refractivity contribution in [3.63, 3.8) is 0 Å². The van der Waals surface area contributed by atoms with E-state index in [0.29, 0.717) is 12.2 Å². The summed E-state index contributed by atoms with van der Waals surface area (Å²) in [5, 5.41) is 23.1. The summed E-state index contributed by atoms with van der Waals surface area (Å²) in [6, 6.07) is 15.8. The standard InChI is InChI=1S/C20H22N4OS/c1-3-12-24-17-11-6-5-10-16(17)18(19(24)25)22-23-20(26)21-15-9-7-8-14(4-2)13-15/h5-11,13,25H,3-4,12H2,1-2H3,(H,21,26). The minimum Gasteiger partial charge on any atom is -0.493 e. The normalized spacial score (nSPS) is 11.3. The Hall–Kier alpha value is -2.73. The fraction of sp³-hybridized carbons (Fsp3) is 0.250. The molecule has 0 aliphatic rings. The summed E-state index contributed by atoms with van der Waals surface area (Å²) in [7, 11) is 0. The zero-order valence-corrected chi connectivity index (χ0v) is 15.8. The van der Waals surface area contributed by atoms with Gasteiger partial charge in [0.1, 0.15) is 0 Å². The van der Waals surface area contributed by atoms with Crippen LogP contribution in [0.2, 0.25) is 0 Å². The molecule has 0 bridgehead atoms. The van der Waals surface area contributed by atoms with Crippen molar-refractivity contribution in [1.29, 1.82) is 0 Å². The lowest BCUT2D eigenvalue weighted by molar-refractivity contribution is 0.421. The average Bonchev–Trinajstić information content (AvgIpc) is 2.92. The molecule has 0 amide bonds. The fourth-order valence-electron chi connectivity index (χ4n) is 2.93. The van der Waals surface area contributed by atoms with Crippen molar-refractivity contribution in [2.24, 2.45) is 10.2 Å². The van der Waals surface area contributed by atoms with Crippen molar-refractivity contribution in [2.45, 2.75) is 33.2 Å². The van der Waals surface area contributed by atoms with Crippen molar-refractivity contribution in [3.8, 4) is 5.88 Å². The third-order valence-corrected chi connectivity index (χ3v) is 4.38. The molecule has 26 heavy (non-hydrogen) atoms. The van der Waals surface area contributed by atoms with Gasteiger partial charge in [-0.3, -0.25) is 0 Å². The number of aromatic nitrogens is 1. The highest BCUT2D eigenvalue weighted by atomic mass is 32.1. The molecule has 0 fully saturated rings. The Morgan fingerprint density at radius 3 is 2.73 bits per heavy atom. The predicted molar refractivity (Wildman–Crippen MR) is 110 cm³/mol. The monoisotopic (exact) mass is 366 g/mol. The van der Waals surface area contributed by atoms with E-state index in [1.165, 1.54) is 5.56 Å². The maximum atomic E-state index is 10.6. The zero-order chi connectivity index (χ0) is 18.5. The van der Waals surface area contributed by atoms with Crippen LogP contribution in [0.25, 0.3) is 10.9 Å². The number of para-hydroxylation sites is 1. The molecule has 0 spiro atoms. The molecular formula is C20H22N4OS. The number of azo groups is 1. The number of nitrogens with one attached hydrogen (secondary N) is 1. The molecular weight excluding hydrogens is 344 g/mol. The van der Waals surface area contributed by atoms with Gasteiger partial charge in [-0.25, -0.2) is 0 Å². The largest absolute Gasteiger partial charge is 0.493 e. The summed E-state index contributed by atoms with van der Waals surface area (Å²) in [5.41, 5.74) is 3.48. The van der Waals surface area contributed by atoms with E-state index in [4.69, 9.17) is 12.2 Å². The molecule has 0 unspecified atom stereocenters. The fourth-order valence-corrected chi connectivity index (χ4v) is 3.09. The number of fused-ring (bicyclic) bond motifs is 1. The van der Waals surface area contributed by atoms with Crippen LogP contribution in [0.3, 0.4) is 0 Å². The van der Waals surface area contributed by atoms with Crippen molar-refractivity contribution >= 4 is 39.6 Å². The van der Waals surface area contributed by atoms with Crippen LogP contribution in [0.15, 0.2) is 58.8 Å². The van der Waals surface area contributed by atoms with E-state index >= 15 is 0 Å². The maximum absolute atomic E-state index is 10.6. The molecule has 1 heterocycles. The molecule has 1 aromatic heterocycles. The topological polar surface area (TPSA) is 61.9 Å². The van der Waals surface area contributed by atoms with E-state index < -0.39 is 0 Å². The first kappa shape index (κ1) is 18.1. The summed E-state index contributed by atoms with van der Waals surface area (Å²) in [6.45, 7) is 4.89. The Morgan fingerprint density at radius 1 is 1.15 bits per heavy atom. The number of thiocarbonyl (C=S) groups is 1. The summed E-state index contributed by atoms with van der Waals surface area (Å²) in [6.07, 6.45) is 1.87. The van der Waals surface area contributed by atoms with E-state index in [0.717, 1.165) is 29.4 Å². The molecule has 2 N–H and O–H groups in total. The number of nitrogens with zero attached hydrogens (tertiary/aromatic N) is 3. The molecule has 0 saturated carbocycles. The molecule has 2 aromatic carbocycles. The second-order valence-electron chi connectivity index (χ2n) is 6.03. The summed E-state index contributed by atoms with van der Waals surface area (Å²) in [5.74, 6) is 0.118. The summed E-state index contributed by atoms with van der Waals surface area (Å²) in [4.78, 5) is 0. The Balaban J connectivity index is 1.86. The summed E-state index contributed by atoms with van der Waals surface area (Å²) >= 11 is 5.28. The van der Waals surface area contributed by atoms with Gasteiger partial charge in [-0.1, -0.05) is 44.2 Å². The van der Waals surface area contributed by atoms with Crippen molar-refractivity contribution in [1.82, 2.24) is 4.57 Å². The second kappa shape index (κ2) is 8.10. The number of hydrogen-bond acceptors (Lipinski definition) is 3. The first-order valence-corrected chi connectivity index (χ1v) is 9.16. The van der Waals surface area contributed by atoms with Gasteiger partial charge in [-0.05, 0) is 48.8 Å². The zero-order valence-electron chi connectivity index (χ0n) is 14.9. The Bertz CT molecular complexity index is 962.